The summed E-state index contributed by atoms with van der Waals surface area (Å²) in [4.78, 5) is 33.5. The fourth-order valence-electron chi connectivity index (χ4n) is 1.10. The van der Waals surface area contributed by atoms with Gasteiger partial charge in [0.05, 0.1) is 11.3 Å². The van der Waals surface area contributed by atoms with Gasteiger partial charge in [-0.15, -0.1) is 11.8 Å². The Kier molecular flexibility index (Phi) is 5.84. The van der Waals surface area contributed by atoms with Crippen LogP contribution in [-0.4, -0.2) is 28.6 Å². The van der Waals surface area contributed by atoms with Crippen LogP contribution in [0, 0.1) is 0 Å². The molecule has 0 heterocycles. The van der Waals surface area contributed by atoms with Gasteiger partial charge in [0, 0.05) is 16.3 Å². The number of hydrazine groups is 1. The standard InChI is InChI=1S/C11H11BrN2O4S/c1-6(15)13-14-10(16)5-19-7-2-3-9(12)8(4-7)11(17)18/h2-4H,5H2,1H3,(H,13,15)(H,14,16)(H,17,18). The van der Waals surface area contributed by atoms with E-state index in [2.05, 4.69) is 26.8 Å². The van der Waals surface area contributed by atoms with Gasteiger partial charge in [-0.05, 0) is 34.1 Å². The molecule has 0 bridgehead atoms. The van der Waals surface area contributed by atoms with E-state index >= 15 is 0 Å². The van der Waals surface area contributed by atoms with Crippen molar-refractivity contribution in [3.63, 3.8) is 0 Å². The van der Waals surface area contributed by atoms with Gasteiger partial charge in [0.2, 0.25) is 11.8 Å². The SMILES string of the molecule is CC(=O)NNC(=O)CSc1ccc(Br)c(C(=O)O)c1. The molecule has 0 aromatic heterocycles. The smallest absolute Gasteiger partial charge is 0.336 e. The Morgan fingerprint density at radius 1 is 1.32 bits per heavy atom. The van der Waals surface area contributed by atoms with Crippen molar-refractivity contribution in [2.45, 2.75) is 11.8 Å². The highest BCUT2D eigenvalue weighted by Crippen LogP contribution is 2.24. The van der Waals surface area contributed by atoms with Crippen molar-refractivity contribution in [3.05, 3.63) is 28.2 Å². The molecule has 0 aliphatic carbocycles. The largest absolute Gasteiger partial charge is 0.478 e. The monoisotopic (exact) mass is 346 g/mol. The second kappa shape index (κ2) is 7.15. The minimum absolute atomic E-state index is 0.0704. The number of carboxylic acid groups (broad SMARTS) is 1. The van der Waals surface area contributed by atoms with Crippen LogP contribution in [0.4, 0.5) is 0 Å². The highest BCUT2D eigenvalue weighted by molar-refractivity contribution is 9.10. The summed E-state index contributed by atoms with van der Waals surface area (Å²) in [5.41, 5.74) is 4.51. The summed E-state index contributed by atoms with van der Waals surface area (Å²) < 4.78 is 0.479. The first-order valence-corrected chi connectivity index (χ1v) is 6.89. The summed E-state index contributed by atoms with van der Waals surface area (Å²) in [5, 5.41) is 8.95. The number of carbonyl (C=O) groups excluding carboxylic acids is 2. The van der Waals surface area contributed by atoms with Crippen molar-refractivity contribution >= 4 is 45.5 Å². The first-order valence-electron chi connectivity index (χ1n) is 5.11. The van der Waals surface area contributed by atoms with Crippen molar-refractivity contribution in [2.75, 3.05) is 5.75 Å². The van der Waals surface area contributed by atoms with Crippen LogP contribution in [-0.2, 0) is 9.59 Å². The van der Waals surface area contributed by atoms with E-state index < -0.39 is 5.97 Å². The second-order valence-electron chi connectivity index (χ2n) is 3.46. The molecular weight excluding hydrogens is 336 g/mol. The maximum Gasteiger partial charge on any atom is 0.336 e. The minimum atomic E-state index is -1.04. The third kappa shape index (κ3) is 5.31. The van der Waals surface area contributed by atoms with Gasteiger partial charge in [-0.1, -0.05) is 0 Å². The van der Waals surface area contributed by atoms with Crippen LogP contribution in [0.15, 0.2) is 27.6 Å². The average Bonchev–Trinajstić information content (AvgIpc) is 2.35. The number of aromatic carboxylic acids is 1. The van der Waals surface area contributed by atoms with E-state index in [9.17, 15) is 14.4 Å². The Hall–Kier alpha value is -1.54. The van der Waals surface area contributed by atoms with Gasteiger partial charge >= 0.3 is 5.97 Å². The zero-order chi connectivity index (χ0) is 14.4. The summed E-state index contributed by atoms with van der Waals surface area (Å²) in [6, 6.07) is 4.78. The maximum atomic E-state index is 11.3. The van der Waals surface area contributed by atoms with Crippen LogP contribution in [0.25, 0.3) is 0 Å². The Morgan fingerprint density at radius 3 is 2.58 bits per heavy atom. The van der Waals surface area contributed by atoms with Crippen molar-refractivity contribution in [3.8, 4) is 0 Å². The molecule has 3 N–H and O–H groups in total. The van der Waals surface area contributed by atoms with E-state index in [0.717, 1.165) is 0 Å². The number of nitrogens with one attached hydrogen (secondary N) is 2. The number of amides is 2. The third-order valence-corrected chi connectivity index (χ3v) is 3.60. The first kappa shape index (κ1) is 15.5. The predicted octanol–water partition coefficient (Wildman–Crippen LogP) is 1.41. The fourth-order valence-corrected chi connectivity index (χ4v) is 2.25. The summed E-state index contributed by atoms with van der Waals surface area (Å²) in [6.07, 6.45) is 0. The lowest BCUT2D eigenvalue weighted by Gasteiger charge is -2.06. The molecule has 1 aromatic rings. The minimum Gasteiger partial charge on any atom is -0.478 e. The van der Waals surface area contributed by atoms with Crippen LogP contribution in [0.5, 0.6) is 0 Å². The predicted molar refractivity (Wildman–Crippen MR) is 73.8 cm³/mol. The van der Waals surface area contributed by atoms with E-state index in [1.54, 1.807) is 12.1 Å². The number of halogens is 1. The van der Waals surface area contributed by atoms with E-state index in [0.29, 0.717) is 9.37 Å². The van der Waals surface area contributed by atoms with Gasteiger partial charge in [0.1, 0.15) is 0 Å². The molecule has 0 radical (unpaired) electrons. The topological polar surface area (TPSA) is 95.5 Å². The normalized spacial score (nSPS) is 9.79. The van der Waals surface area contributed by atoms with Crippen LogP contribution < -0.4 is 10.9 Å². The molecule has 0 aliphatic rings. The third-order valence-electron chi connectivity index (χ3n) is 1.92. The number of hydrogen-bond acceptors (Lipinski definition) is 4. The van der Waals surface area contributed by atoms with E-state index in [-0.39, 0.29) is 23.1 Å². The number of thioether (sulfide) groups is 1. The molecule has 0 atom stereocenters. The molecule has 19 heavy (non-hydrogen) atoms. The van der Waals surface area contributed by atoms with E-state index in [1.807, 2.05) is 0 Å². The van der Waals surface area contributed by atoms with Crippen molar-refractivity contribution in [1.82, 2.24) is 10.9 Å². The lowest BCUT2D eigenvalue weighted by Crippen LogP contribution is -2.41. The quantitative estimate of drug-likeness (QED) is 0.565. The Labute approximate surface area is 122 Å². The van der Waals surface area contributed by atoms with Crippen LogP contribution in [0.1, 0.15) is 17.3 Å². The molecule has 102 valence electrons. The van der Waals surface area contributed by atoms with Crippen molar-refractivity contribution in [2.24, 2.45) is 0 Å². The molecule has 6 nitrogen and oxygen atoms in total. The maximum absolute atomic E-state index is 11.3. The van der Waals surface area contributed by atoms with Crippen LogP contribution in [0.2, 0.25) is 0 Å². The number of benzene rings is 1. The molecule has 0 saturated carbocycles. The van der Waals surface area contributed by atoms with E-state index in [4.69, 9.17) is 5.11 Å². The molecule has 8 heteroatoms. The zero-order valence-electron chi connectivity index (χ0n) is 9.90. The first-order chi connectivity index (χ1) is 8.90. The average molecular weight is 347 g/mol. The molecule has 0 saturated heterocycles. The van der Waals surface area contributed by atoms with Gasteiger partial charge in [-0.3, -0.25) is 20.4 Å². The molecular formula is C11H11BrN2O4S. The van der Waals surface area contributed by atoms with Crippen LogP contribution in [0.3, 0.4) is 0 Å². The molecule has 1 rings (SSSR count). The fraction of sp³-hybridized carbons (Fsp3) is 0.182. The van der Waals surface area contributed by atoms with Gasteiger partial charge in [0.15, 0.2) is 0 Å². The van der Waals surface area contributed by atoms with Gasteiger partial charge in [-0.2, -0.15) is 0 Å². The molecule has 0 unspecified atom stereocenters. The Bertz CT molecular complexity index is 521. The van der Waals surface area contributed by atoms with Crippen molar-refractivity contribution in [1.29, 1.82) is 0 Å². The number of hydrogen-bond donors (Lipinski definition) is 3. The highest BCUT2D eigenvalue weighted by atomic mass is 79.9. The molecule has 0 fully saturated rings. The van der Waals surface area contributed by atoms with Crippen LogP contribution >= 0.6 is 27.7 Å². The number of carboxylic acids is 1. The van der Waals surface area contributed by atoms with Gasteiger partial charge in [-0.25, -0.2) is 4.79 Å². The second-order valence-corrected chi connectivity index (χ2v) is 5.37. The van der Waals surface area contributed by atoms with Gasteiger partial charge < -0.3 is 5.11 Å². The number of carbonyl (C=O) groups is 3. The lowest BCUT2D eigenvalue weighted by molar-refractivity contribution is -0.126. The molecule has 2 amide bonds. The van der Waals surface area contributed by atoms with E-state index in [1.165, 1.54) is 24.8 Å². The zero-order valence-corrected chi connectivity index (χ0v) is 12.3. The lowest BCUT2D eigenvalue weighted by atomic mass is 10.2. The molecule has 0 spiro atoms. The van der Waals surface area contributed by atoms with Crippen molar-refractivity contribution < 1.29 is 19.5 Å². The Balaban J connectivity index is 2.58. The molecule has 0 aliphatic heterocycles. The molecule has 1 aromatic carbocycles. The number of rotatable bonds is 4. The summed E-state index contributed by atoms with van der Waals surface area (Å²) in [6.45, 7) is 1.28. The summed E-state index contributed by atoms with van der Waals surface area (Å²) in [5.74, 6) is -1.71. The highest BCUT2D eigenvalue weighted by Gasteiger charge is 2.10. The van der Waals surface area contributed by atoms with Gasteiger partial charge in [0.25, 0.3) is 0 Å². The Morgan fingerprint density at radius 2 is 2.00 bits per heavy atom. The summed E-state index contributed by atoms with van der Waals surface area (Å²) >= 11 is 4.31. The summed E-state index contributed by atoms with van der Waals surface area (Å²) in [7, 11) is 0.